The molecule has 1 aliphatic heterocycles. The number of carbonyl (C=O) groups excluding carboxylic acids is 2. The van der Waals surface area contributed by atoms with E-state index < -0.39 is 0 Å². The van der Waals surface area contributed by atoms with E-state index in [0.29, 0.717) is 26.3 Å². The molecule has 0 bridgehead atoms. The van der Waals surface area contributed by atoms with Crippen LogP contribution >= 0.6 is 0 Å². The molecule has 2 aromatic rings. The summed E-state index contributed by atoms with van der Waals surface area (Å²) in [6.45, 7) is 3.88. The van der Waals surface area contributed by atoms with Crippen molar-refractivity contribution in [2.45, 2.75) is 19.9 Å². The Hall–Kier alpha value is -2.86. The quantitative estimate of drug-likeness (QED) is 0.713. The minimum absolute atomic E-state index is 0.0124. The molecule has 3 rings (SSSR count). The molecular weight excluding hydrogens is 356 g/mol. The molecule has 2 amide bonds. The average molecular weight is 382 g/mol. The molecule has 0 spiro atoms. The van der Waals surface area contributed by atoms with Gasteiger partial charge < -0.3 is 19.7 Å². The van der Waals surface area contributed by atoms with Crippen LogP contribution in [0.5, 0.6) is 5.75 Å². The van der Waals surface area contributed by atoms with Gasteiger partial charge in [-0.1, -0.05) is 29.8 Å². The normalized spacial score (nSPS) is 16.3. The van der Waals surface area contributed by atoms with Crippen molar-refractivity contribution in [3.63, 3.8) is 0 Å². The monoisotopic (exact) mass is 382 g/mol. The van der Waals surface area contributed by atoms with Gasteiger partial charge in [0.25, 0.3) is 0 Å². The first-order chi connectivity index (χ1) is 13.6. The van der Waals surface area contributed by atoms with Gasteiger partial charge in [-0.25, -0.2) is 0 Å². The van der Waals surface area contributed by atoms with Crippen LogP contribution in [0, 0.1) is 12.8 Å². The average Bonchev–Trinajstić information content (AvgIpc) is 3.10. The fraction of sp³-hybridized carbons (Fsp3) is 0.364. The number of amides is 2. The van der Waals surface area contributed by atoms with Crippen LogP contribution in [0.4, 0.5) is 5.69 Å². The van der Waals surface area contributed by atoms with Gasteiger partial charge in [-0.2, -0.15) is 0 Å². The van der Waals surface area contributed by atoms with Crippen molar-refractivity contribution < 1.29 is 19.1 Å². The van der Waals surface area contributed by atoms with Crippen molar-refractivity contribution in [2.75, 3.05) is 31.8 Å². The van der Waals surface area contributed by atoms with Crippen molar-refractivity contribution in [3.8, 4) is 5.75 Å². The van der Waals surface area contributed by atoms with Crippen molar-refractivity contribution in [1.82, 2.24) is 5.32 Å². The zero-order chi connectivity index (χ0) is 19.9. The number of aryl methyl sites for hydroxylation is 1. The number of ether oxygens (including phenoxy) is 2. The smallest absolute Gasteiger partial charge is 0.227 e. The molecule has 6 nitrogen and oxygen atoms in total. The maximum absolute atomic E-state index is 12.5. The van der Waals surface area contributed by atoms with Gasteiger partial charge in [0, 0.05) is 32.3 Å². The molecule has 2 aromatic carbocycles. The maximum Gasteiger partial charge on any atom is 0.227 e. The van der Waals surface area contributed by atoms with Gasteiger partial charge in [0.2, 0.25) is 11.8 Å². The lowest BCUT2D eigenvalue weighted by atomic mass is 10.1. The summed E-state index contributed by atoms with van der Waals surface area (Å²) in [7, 11) is 1.63. The number of benzene rings is 2. The van der Waals surface area contributed by atoms with Crippen LogP contribution in [-0.2, 0) is 20.9 Å². The largest absolute Gasteiger partial charge is 0.491 e. The van der Waals surface area contributed by atoms with Crippen LogP contribution in [0.15, 0.2) is 48.5 Å². The third-order valence-electron chi connectivity index (χ3n) is 4.79. The third-order valence-corrected chi connectivity index (χ3v) is 4.79. The van der Waals surface area contributed by atoms with E-state index >= 15 is 0 Å². The highest BCUT2D eigenvalue weighted by Crippen LogP contribution is 2.25. The summed E-state index contributed by atoms with van der Waals surface area (Å²) < 4.78 is 10.5. The Morgan fingerprint density at radius 2 is 1.82 bits per heavy atom. The van der Waals surface area contributed by atoms with Crippen molar-refractivity contribution in [2.24, 2.45) is 5.92 Å². The number of nitrogens with zero attached hydrogens (tertiary/aromatic N) is 1. The van der Waals surface area contributed by atoms with Crippen LogP contribution in [-0.4, -0.2) is 38.7 Å². The molecular formula is C22H26N2O4. The minimum Gasteiger partial charge on any atom is -0.491 e. The first-order valence-electron chi connectivity index (χ1n) is 9.42. The summed E-state index contributed by atoms with van der Waals surface area (Å²) in [5.74, 6) is 0.331. The van der Waals surface area contributed by atoms with Crippen LogP contribution in [0.25, 0.3) is 0 Å². The van der Waals surface area contributed by atoms with Crippen LogP contribution in [0.3, 0.4) is 0 Å². The molecule has 0 radical (unpaired) electrons. The lowest BCUT2D eigenvalue weighted by Crippen LogP contribution is -2.32. The van der Waals surface area contributed by atoms with Gasteiger partial charge in [0.1, 0.15) is 12.4 Å². The molecule has 1 N–H and O–H groups in total. The highest BCUT2D eigenvalue weighted by atomic mass is 16.5. The predicted octanol–water partition coefficient (Wildman–Crippen LogP) is 2.69. The fourth-order valence-corrected chi connectivity index (χ4v) is 3.14. The third kappa shape index (κ3) is 5.10. The van der Waals surface area contributed by atoms with Gasteiger partial charge in [0.05, 0.1) is 12.5 Å². The van der Waals surface area contributed by atoms with Gasteiger partial charge in [-0.15, -0.1) is 0 Å². The van der Waals surface area contributed by atoms with Crippen LogP contribution < -0.4 is 15.0 Å². The van der Waals surface area contributed by atoms with E-state index in [-0.39, 0.29) is 24.2 Å². The topological polar surface area (TPSA) is 67.9 Å². The summed E-state index contributed by atoms with van der Waals surface area (Å²) in [5.41, 5.74) is 2.96. The molecule has 6 heteroatoms. The standard InChI is InChI=1S/C22H26N2O4/c1-16-3-7-19(8-4-16)24-15-18(13-21(24)25)22(26)23-14-17-5-9-20(10-6-17)28-12-11-27-2/h3-10,18H,11-15H2,1-2H3,(H,23,26). The SMILES string of the molecule is COCCOc1ccc(CNC(=O)C2CC(=O)N(c3ccc(C)cc3)C2)cc1. The summed E-state index contributed by atoms with van der Waals surface area (Å²) in [6.07, 6.45) is 0.242. The number of nitrogens with one attached hydrogen (secondary N) is 1. The van der Waals surface area contributed by atoms with Crippen molar-refractivity contribution in [3.05, 3.63) is 59.7 Å². The molecule has 1 aliphatic rings. The molecule has 1 atom stereocenters. The Kier molecular flexibility index (Phi) is 6.66. The number of hydrogen-bond acceptors (Lipinski definition) is 4. The van der Waals surface area contributed by atoms with Gasteiger partial charge in [0.15, 0.2) is 0 Å². The zero-order valence-electron chi connectivity index (χ0n) is 16.3. The molecule has 0 aromatic heterocycles. The molecule has 1 heterocycles. The number of rotatable bonds is 8. The number of anilines is 1. The van der Waals surface area contributed by atoms with Crippen LogP contribution in [0.2, 0.25) is 0 Å². The Balaban J connectivity index is 1.50. The maximum atomic E-state index is 12.5. The molecule has 0 saturated carbocycles. The zero-order valence-corrected chi connectivity index (χ0v) is 16.3. The molecule has 1 unspecified atom stereocenters. The Bertz CT molecular complexity index is 802. The Labute approximate surface area is 165 Å². The second-order valence-corrected chi connectivity index (χ2v) is 6.94. The molecule has 1 saturated heterocycles. The van der Waals surface area contributed by atoms with E-state index in [1.54, 1.807) is 12.0 Å². The Morgan fingerprint density at radius 3 is 2.50 bits per heavy atom. The Morgan fingerprint density at radius 1 is 1.11 bits per heavy atom. The summed E-state index contributed by atoms with van der Waals surface area (Å²) in [5, 5.41) is 2.94. The van der Waals surface area contributed by atoms with Crippen LogP contribution in [0.1, 0.15) is 17.5 Å². The van der Waals surface area contributed by atoms with Gasteiger partial charge >= 0.3 is 0 Å². The van der Waals surface area contributed by atoms with E-state index in [2.05, 4.69) is 5.32 Å². The van der Waals surface area contributed by atoms with E-state index in [1.165, 1.54) is 0 Å². The van der Waals surface area contributed by atoms with E-state index in [1.807, 2.05) is 55.5 Å². The van der Waals surface area contributed by atoms with Gasteiger partial charge in [-0.05, 0) is 36.8 Å². The second-order valence-electron chi connectivity index (χ2n) is 6.94. The fourth-order valence-electron chi connectivity index (χ4n) is 3.14. The highest BCUT2D eigenvalue weighted by molar-refractivity contribution is 6.00. The number of carbonyl (C=O) groups is 2. The van der Waals surface area contributed by atoms with Gasteiger partial charge in [-0.3, -0.25) is 9.59 Å². The molecule has 1 fully saturated rings. The summed E-state index contributed by atoms with van der Waals surface area (Å²) in [6, 6.07) is 15.4. The lowest BCUT2D eigenvalue weighted by Gasteiger charge is -2.17. The number of methoxy groups -OCH3 is 1. The molecule has 148 valence electrons. The molecule has 28 heavy (non-hydrogen) atoms. The predicted molar refractivity (Wildman–Crippen MR) is 107 cm³/mol. The van der Waals surface area contributed by atoms with Crippen molar-refractivity contribution >= 4 is 17.5 Å². The first kappa shape index (κ1) is 19.9. The van der Waals surface area contributed by atoms with E-state index in [9.17, 15) is 9.59 Å². The lowest BCUT2D eigenvalue weighted by molar-refractivity contribution is -0.126. The van der Waals surface area contributed by atoms with Crippen molar-refractivity contribution in [1.29, 1.82) is 0 Å². The minimum atomic E-state index is -0.328. The second kappa shape index (κ2) is 9.37. The molecule has 0 aliphatic carbocycles. The first-order valence-corrected chi connectivity index (χ1v) is 9.42. The van der Waals surface area contributed by atoms with E-state index in [0.717, 1.165) is 22.6 Å². The summed E-state index contributed by atoms with van der Waals surface area (Å²) >= 11 is 0. The van der Waals surface area contributed by atoms with E-state index in [4.69, 9.17) is 9.47 Å². The highest BCUT2D eigenvalue weighted by Gasteiger charge is 2.34. The number of hydrogen-bond donors (Lipinski definition) is 1. The summed E-state index contributed by atoms with van der Waals surface area (Å²) in [4.78, 5) is 26.5.